The molecule has 0 saturated heterocycles. The third-order valence-electron chi connectivity index (χ3n) is 1.95. The molecular formula is C10H17N3O. The predicted octanol–water partition coefficient (Wildman–Crippen LogP) is 1.56. The number of carbonyl (C=O) groups is 1. The van der Waals surface area contributed by atoms with Crippen molar-refractivity contribution in [3.8, 4) is 0 Å². The molecule has 0 radical (unpaired) electrons. The Morgan fingerprint density at radius 3 is 2.71 bits per heavy atom. The van der Waals surface area contributed by atoms with Gasteiger partial charge in [0, 0.05) is 19.3 Å². The summed E-state index contributed by atoms with van der Waals surface area (Å²) in [5.41, 5.74) is 0. The molecule has 0 aliphatic rings. The predicted molar refractivity (Wildman–Crippen MR) is 54.5 cm³/mol. The fourth-order valence-corrected chi connectivity index (χ4v) is 1.39. The van der Waals surface area contributed by atoms with Crippen LogP contribution in [0.1, 0.15) is 33.4 Å². The molecular weight excluding hydrogens is 178 g/mol. The van der Waals surface area contributed by atoms with Crippen LogP contribution in [0.3, 0.4) is 0 Å². The molecule has 78 valence electrons. The Morgan fingerprint density at radius 1 is 1.57 bits per heavy atom. The monoisotopic (exact) mass is 195 g/mol. The SMILES string of the molecule is CC(=O)NC(CC(C)C)n1ccnc1. The lowest BCUT2D eigenvalue weighted by molar-refractivity contribution is -0.120. The van der Waals surface area contributed by atoms with E-state index >= 15 is 0 Å². The molecule has 1 heterocycles. The van der Waals surface area contributed by atoms with E-state index in [1.807, 2.05) is 10.8 Å². The van der Waals surface area contributed by atoms with Crippen molar-refractivity contribution in [3.05, 3.63) is 18.7 Å². The van der Waals surface area contributed by atoms with Crippen LogP contribution in [-0.2, 0) is 4.79 Å². The fraction of sp³-hybridized carbons (Fsp3) is 0.600. The van der Waals surface area contributed by atoms with Gasteiger partial charge in [0.05, 0.1) is 6.33 Å². The molecule has 1 N–H and O–H groups in total. The number of aromatic nitrogens is 2. The van der Waals surface area contributed by atoms with E-state index in [0.717, 1.165) is 6.42 Å². The van der Waals surface area contributed by atoms with Gasteiger partial charge in [-0.05, 0) is 12.3 Å². The molecule has 0 bridgehead atoms. The summed E-state index contributed by atoms with van der Waals surface area (Å²) in [7, 11) is 0. The van der Waals surface area contributed by atoms with Gasteiger partial charge < -0.3 is 9.88 Å². The summed E-state index contributed by atoms with van der Waals surface area (Å²) in [5.74, 6) is 0.526. The van der Waals surface area contributed by atoms with Gasteiger partial charge in [0.15, 0.2) is 0 Å². The molecule has 0 aromatic carbocycles. The normalized spacial score (nSPS) is 12.9. The van der Waals surface area contributed by atoms with Crippen molar-refractivity contribution in [2.24, 2.45) is 5.92 Å². The Labute approximate surface area is 84.3 Å². The van der Waals surface area contributed by atoms with E-state index in [1.165, 1.54) is 6.92 Å². The third kappa shape index (κ3) is 3.20. The minimum absolute atomic E-state index is 0.00986. The maximum atomic E-state index is 11.0. The first kappa shape index (κ1) is 10.8. The molecule has 14 heavy (non-hydrogen) atoms. The molecule has 0 saturated carbocycles. The smallest absolute Gasteiger partial charge is 0.218 e. The molecule has 4 nitrogen and oxygen atoms in total. The zero-order valence-electron chi connectivity index (χ0n) is 8.90. The van der Waals surface area contributed by atoms with Crippen LogP contribution in [0.4, 0.5) is 0 Å². The highest BCUT2D eigenvalue weighted by Gasteiger charge is 2.12. The van der Waals surface area contributed by atoms with E-state index in [2.05, 4.69) is 24.1 Å². The van der Waals surface area contributed by atoms with Crippen LogP contribution < -0.4 is 5.32 Å². The van der Waals surface area contributed by atoms with Crippen LogP contribution in [0.2, 0.25) is 0 Å². The van der Waals surface area contributed by atoms with E-state index in [-0.39, 0.29) is 12.1 Å². The Hall–Kier alpha value is -1.32. The lowest BCUT2D eigenvalue weighted by Gasteiger charge is -2.20. The van der Waals surface area contributed by atoms with E-state index in [4.69, 9.17) is 0 Å². The first-order valence-corrected chi connectivity index (χ1v) is 4.84. The van der Waals surface area contributed by atoms with Crippen LogP contribution in [-0.4, -0.2) is 15.5 Å². The second-order valence-electron chi connectivity index (χ2n) is 3.86. The summed E-state index contributed by atoms with van der Waals surface area (Å²) >= 11 is 0. The molecule has 0 aliphatic heterocycles. The van der Waals surface area contributed by atoms with Crippen molar-refractivity contribution in [1.29, 1.82) is 0 Å². The number of nitrogens with one attached hydrogen (secondary N) is 1. The highest BCUT2D eigenvalue weighted by atomic mass is 16.1. The Kier molecular flexibility index (Phi) is 3.68. The molecule has 1 unspecified atom stereocenters. The standard InChI is InChI=1S/C10H17N3O/c1-8(2)6-10(12-9(3)14)13-5-4-11-7-13/h4-5,7-8,10H,6H2,1-3H3,(H,12,14). The quantitative estimate of drug-likeness (QED) is 0.792. The van der Waals surface area contributed by atoms with Crippen LogP contribution >= 0.6 is 0 Å². The third-order valence-corrected chi connectivity index (χ3v) is 1.95. The van der Waals surface area contributed by atoms with Gasteiger partial charge in [0.25, 0.3) is 0 Å². The molecule has 1 rings (SSSR count). The van der Waals surface area contributed by atoms with Gasteiger partial charge >= 0.3 is 0 Å². The van der Waals surface area contributed by atoms with Crippen molar-refractivity contribution >= 4 is 5.91 Å². The number of nitrogens with zero attached hydrogens (tertiary/aromatic N) is 2. The largest absolute Gasteiger partial charge is 0.336 e. The van der Waals surface area contributed by atoms with E-state index in [0.29, 0.717) is 5.92 Å². The molecule has 1 aromatic heterocycles. The highest BCUT2D eigenvalue weighted by Crippen LogP contribution is 2.13. The molecule has 4 heteroatoms. The lowest BCUT2D eigenvalue weighted by atomic mass is 10.1. The fourth-order valence-electron chi connectivity index (χ4n) is 1.39. The summed E-state index contributed by atoms with van der Waals surface area (Å²) in [6.45, 7) is 5.79. The number of hydrogen-bond donors (Lipinski definition) is 1. The average Bonchev–Trinajstić information content (AvgIpc) is 2.52. The number of amides is 1. The van der Waals surface area contributed by atoms with Crippen molar-refractivity contribution in [2.45, 2.75) is 33.4 Å². The van der Waals surface area contributed by atoms with Crippen LogP contribution in [0, 0.1) is 5.92 Å². The van der Waals surface area contributed by atoms with Crippen molar-refractivity contribution in [1.82, 2.24) is 14.9 Å². The second kappa shape index (κ2) is 4.79. The van der Waals surface area contributed by atoms with Crippen molar-refractivity contribution < 1.29 is 4.79 Å². The minimum Gasteiger partial charge on any atom is -0.336 e. The highest BCUT2D eigenvalue weighted by molar-refractivity contribution is 5.72. The zero-order valence-corrected chi connectivity index (χ0v) is 8.90. The maximum absolute atomic E-state index is 11.0. The van der Waals surface area contributed by atoms with Crippen LogP contribution in [0.5, 0.6) is 0 Å². The Balaban J connectivity index is 2.67. The van der Waals surface area contributed by atoms with Gasteiger partial charge in [-0.25, -0.2) is 4.98 Å². The molecule has 1 amide bonds. The molecule has 1 atom stereocenters. The maximum Gasteiger partial charge on any atom is 0.218 e. The average molecular weight is 195 g/mol. The molecule has 1 aromatic rings. The lowest BCUT2D eigenvalue weighted by Crippen LogP contribution is -2.30. The van der Waals surface area contributed by atoms with E-state index in [1.54, 1.807) is 12.5 Å². The molecule has 0 fully saturated rings. The summed E-state index contributed by atoms with van der Waals surface area (Å²) < 4.78 is 1.92. The topological polar surface area (TPSA) is 46.9 Å². The Bertz CT molecular complexity index is 280. The number of hydrogen-bond acceptors (Lipinski definition) is 2. The first-order chi connectivity index (χ1) is 6.59. The second-order valence-corrected chi connectivity index (χ2v) is 3.86. The van der Waals surface area contributed by atoms with Gasteiger partial charge in [-0.2, -0.15) is 0 Å². The van der Waals surface area contributed by atoms with Crippen LogP contribution in [0.15, 0.2) is 18.7 Å². The van der Waals surface area contributed by atoms with Gasteiger partial charge in [-0.3, -0.25) is 4.79 Å². The summed E-state index contributed by atoms with van der Waals surface area (Å²) in [6.07, 6.45) is 6.24. The van der Waals surface area contributed by atoms with Gasteiger partial charge in [-0.15, -0.1) is 0 Å². The van der Waals surface area contributed by atoms with Gasteiger partial charge in [-0.1, -0.05) is 13.8 Å². The zero-order chi connectivity index (χ0) is 10.6. The molecule has 0 spiro atoms. The van der Waals surface area contributed by atoms with E-state index < -0.39 is 0 Å². The summed E-state index contributed by atoms with van der Waals surface area (Å²) in [6, 6.07) is 0. The number of imidazole rings is 1. The van der Waals surface area contributed by atoms with E-state index in [9.17, 15) is 4.79 Å². The first-order valence-electron chi connectivity index (χ1n) is 4.84. The van der Waals surface area contributed by atoms with Crippen molar-refractivity contribution in [2.75, 3.05) is 0 Å². The number of carbonyl (C=O) groups excluding carboxylic acids is 1. The molecule has 0 aliphatic carbocycles. The van der Waals surface area contributed by atoms with Crippen LogP contribution in [0.25, 0.3) is 0 Å². The minimum atomic E-state index is -0.00986. The van der Waals surface area contributed by atoms with Gasteiger partial charge in [0.1, 0.15) is 6.17 Å². The summed E-state index contributed by atoms with van der Waals surface area (Å²) in [4.78, 5) is 15.0. The van der Waals surface area contributed by atoms with Crippen molar-refractivity contribution in [3.63, 3.8) is 0 Å². The summed E-state index contributed by atoms with van der Waals surface area (Å²) in [5, 5.41) is 2.90. The van der Waals surface area contributed by atoms with Gasteiger partial charge in [0.2, 0.25) is 5.91 Å². The Morgan fingerprint density at radius 2 is 2.29 bits per heavy atom. The number of rotatable bonds is 4.